The van der Waals surface area contributed by atoms with Crippen LogP contribution in [0.4, 0.5) is 5.82 Å². The average molecular weight is 511 g/mol. The highest BCUT2D eigenvalue weighted by Crippen LogP contribution is 2.43. The van der Waals surface area contributed by atoms with E-state index in [1.54, 1.807) is 54.6 Å². The maximum Gasteiger partial charge on any atom is 0.301 e. The van der Waals surface area contributed by atoms with Gasteiger partial charge in [0.25, 0.3) is 5.78 Å². The van der Waals surface area contributed by atoms with Crippen molar-refractivity contribution in [3.8, 4) is 5.75 Å². The molecule has 3 aromatic rings. The number of aromatic nitrogens is 1. The Kier molecular flexibility index (Phi) is 5.88. The van der Waals surface area contributed by atoms with Crippen LogP contribution in [0.3, 0.4) is 0 Å². The van der Waals surface area contributed by atoms with Gasteiger partial charge in [0.2, 0.25) is 0 Å². The van der Waals surface area contributed by atoms with Crippen molar-refractivity contribution < 1.29 is 24.0 Å². The number of aliphatic hydroxyl groups excluding tert-OH is 1. The molecule has 1 N–H and O–H groups in total. The standard InChI is InChI=1S/C25H23BrN2O5/c1-25(2,3)18-13-19(27-33-18)28-21(15-6-5-7-17(12-15)32-4)20(23(30)24(28)31)22(29)14-8-10-16(26)11-9-14/h5-13,21,29H,1-4H3/t21-/m0/s1. The third-order valence-corrected chi connectivity index (χ3v) is 5.98. The van der Waals surface area contributed by atoms with Gasteiger partial charge >= 0.3 is 5.91 Å². The second-order valence-electron chi connectivity index (χ2n) is 8.75. The van der Waals surface area contributed by atoms with Crippen LogP contribution in [0.5, 0.6) is 5.75 Å². The molecule has 1 atom stereocenters. The number of Topliss-reactive ketones (excluding diaryl/α,β-unsaturated/α-hetero) is 1. The van der Waals surface area contributed by atoms with Crippen LogP contribution in [-0.2, 0) is 15.0 Å². The number of hydrogen-bond acceptors (Lipinski definition) is 6. The molecule has 4 rings (SSSR count). The minimum Gasteiger partial charge on any atom is -0.507 e. The second kappa shape index (κ2) is 8.51. The van der Waals surface area contributed by atoms with Gasteiger partial charge in [0.05, 0.1) is 18.7 Å². The van der Waals surface area contributed by atoms with Gasteiger partial charge in [-0.2, -0.15) is 0 Å². The minimum absolute atomic E-state index is 0.0316. The fourth-order valence-corrected chi connectivity index (χ4v) is 3.96. The summed E-state index contributed by atoms with van der Waals surface area (Å²) < 4.78 is 11.6. The van der Waals surface area contributed by atoms with Crippen molar-refractivity contribution in [2.24, 2.45) is 0 Å². The molecule has 1 saturated heterocycles. The summed E-state index contributed by atoms with van der Waals surface area (Å²) in [5.74, 6) is -0.548. The molecule has 7 nitrogen and oxygen atoms in total. The normalized spacial score (nSPS) is 18.1. The van der Waals surface area contributed by atoms with Crippen molar-refractivity contribution in [3.05, 3.63) is 81.5 Å². The molecule has 0 aliphatic carbocycles. The van der Waals surface area contributed by atoms with Gasteiger partial charge in [0, 0.05) is 21.5 Å². The highest BCUT2D eigenvalue weighted by Gasteiger charge is 2.48. The first-order valence-corrected chi connectivity index (χ1v) is 11.1. The van der Waals surface area contributed by atoms with Gasteiger partial charge in [-0.05, 0) is 29.8 Å². The Morgan fingerprint density at radius 2 is 1.82 bits per heavy atom. The smallest absolute Gasteiger partial charge is 0.301 e. The van der Waals surface area contributed by atoms with E-state index in [0.717, 1.165) is 4.47 Å². The Morgan fingerprint density at radius 3 is 2.42 bits per heavy atom. The van der Waals surface area contributed by atoms with E-state index < -0.39 is 17.7 Å². The van der Waals surface area contributed by atoms with E-state index in [1.807, 2.05) is 20.8 Å². The van der Waals surface area contributed by atoms with Crippen molar-refractivity contribution in [1.29, 1.82) is 0 Å². The molecule has 0 radical (unpaired) electrons. The maximum atomic E-state index is 13.2. The Morgan fingerprint density at radius 1 is 1.12 bits per heavy atom. The van der Waals surface area contributed by atoms with Gasteiger partial charge in [-0.25, -0.2) is 0 Å². The van der Waals surface area contributed by atoms with Crippen molar-refractivity contribution in [3.63, 3.8) is 0 Å². The van der Waals surface area contributed by atoms with E-state index >= 15 is 0 Å². The van der Waals surface area contributed by atoms with E-state index in [2.05, 4.69) is 21.1 Å². The first-order chi connectivity index (χ1) is 15.6. The largest absolute Gasteiger partial charge is 0.507 e. The van der Waals surface area contributed by atoms with Crippen molar-refractivity contribution in [2.75, 3.05) is 12.0 Å². The molecule has 0 spiro atoms. The topological polar surface area (TPSA) is 92.9 Å². The fourth-order valence-electron chi connectivity index (χ4n) is 3.69. The quantitative estimate of drug-likeness (QED) is 0.288. The predicted octanol–water partition coefficient (Wildman–Crippen LogP) is 5.37. The molecule has 170 valence electrons. The molecule has 1 aliphatic heterocycles. The number of ether oxygens (including phenoxy) is 1. The maximum absolute atomic E-state index is 13.2. The Labute approximate surface area is 199 Å². The first-order valence-electron chi connectivity index (χ1n) is 10.3. The number of anilines is 1. The number of methoxy groups -OCH3 is 1. The number of rotatable bonds is 4. The van der Waals surface area contributed by atoms with Gasteiger partial charge in [0.1, 0.15) is 17.3 Å². The summed E-state index contributed by atoms with van der Waals surface area (Å²) in [5, 5.41) is 15.2. The molecule has 1 amide bonds. The van der Waals surface area contributed by atoms with E-state index in [4.69, 9.17) is 9.26 Å². The van der Waals surface area contributed by atoms with Gasteiger partial charge in [-0.3, -0.25) is 14.5 Å². The number of carbonyl (C=O) groups excluding carboxylic acids is 2. The summed E-state index contributed by atoms with van der Waals surface area (Å²) >= 11 is 3.36. The summed E-state index contributed by atoms with van der Waals surface area (Å²) in [4.78, 5) is 27.7. The second-order valence-corrected chi connectivity index (χ2v) is 9.67. The van der Waals surface area contributed by atoms with Crippen LogP contribution in [0.1, 0.15) is 43.7 Å². The minimum atomic E-state index is -0.915. The number of benzene rings is 2. The molecule has 0 bridgehead atoms. The van der Waals surface area contributed by atoms with Crippen LogP contribution < -0.4 is 9.64 Å². The average Bonchev–Trinajstić information content (AvgIpc) is 3.37. The van der Waals surface area contributed by atoms with Crippen LogP contribution >= 0.6 is 15.9 Å². The lowest BCUT2D eigenvalue weighted by atomic mass is 9.93. The molecule has 1 aliphatic rings. The Balaban J connectivity index is 1.93. The lowest BCUT2D eigenvalue weighted by Crippen LogP contribution is -2.29. The fraction of sp³-hybridized carbons (Fsp3) is 0.240. The lowest BCUT2D eigenvalue weighted by molar-refractivity contribution is -0.132. The predicted molar refractivity (Wildman–Crippen MR) is 127 cm³/mol. The number of carbonyl (C=O) groups is 2. The molecule has 0 saturated carbocycles. The zero-order valence-electron chi connectivity index (χ0n) is 18.6. The molecular formula is C25H23BrN2O5. The van der Waals surface area contributed by atoms with Gasteiger partial charge < -0.3 is 14.4 Å². The Hall–Kier alpha value is -3.39. The molecule has 33 heavy (non-hydrogen) atoms. The Bertz CT molecular complexity index is 1250. The van der Waals surface area contributed by atoms with Crippen LogP contribution in [0.25, 0.3) is 5.76 Å². The van der Waals surface area contributed by atoms with Crippen molar-refractivity contribution in [2.45, 2.75) is 32.2 Å². The zero-order chi connectivity index (χ0) is 23.9. The highest BCUT2D eigenvalue weighted by atomic mass is 79.9. The third-order valence-electron chi connectivity index (χ3n) is 5.46. The van der Waals surface area contributed by atoms with E-state index in [0.29, 0.717) is 22.6 Å². The molecule has 2 heterocycles. The van der Waals surface area contributed by atoms with Crippen molar-refractivity contribution in [1.82, 2.24) is 5.16 Å². The van der Waals surface area contributed by atoms with Crippen LogP contribution in [0, 0.1) is 0 Å². The number of hydrogen-bond donors (Lipinski definition) is 1. The van der Waals surface area contributed by atoms with Crippen molar-refractivity contribution >= 4 is 39.2 Å². The highest BCUT2D eigenvalue weighted by molar-refractivity contribution is 9.10. The number of ketones is 1. The molecular weight excluding hydrogens is 488 g/mol. The molecule has 2 aromatic carbocycles. The third kappa shape index (κ3) is 4.18. The molecule has 1 aromatic heterocycles. The number of nitrogens with zero attached hydrogens (tertiary/aromatic N) is 2. The molecule has 1 fully saturated rings. The number of halogens is 1. The summed E-state index contributed by atoms with van der Waals surface area (Å²) in [5.41, 5.74) is 0.630. The van der Waals surface area contributed by atoms with Gasteiger partial charge in [-0.15, -0.1) is 0 Å². The number of aliphatic hydroxyl groups is 1. The van der Waals surface area contributed by atoms with Gasteiger partial charge in [-0.1, -0.05) is 66.1 Å². The van der Waals surface area contributed by atoms with Crippen LogP contribution in [-0.4, -0.2) is 29.1 Å². The molecule has 8 heteroatoms. The van der Waals surface area contributed by atoms with Crippen LogP contribution in [0.15, 0.2) is 69.2 Å². The lowest BCUT2D eigenvalue weighted by Gasteiger charge is -2.23. The van der Waals surface area contributed by atoms with Crippen LogP contribution in [0.2, 0.25) is 0 Å². The summed E-state index contributed by atoms with van der Waals surface area (Å²) in [6, 6.07) is 14.6. The van der Waals surface area contributed by atoms with E-state index in [9.17, 15) is 14.7 Å². The van der Waals surface area contributed by atoms with E-state index in [1.165, 1.54) is 12.0 Å². The zero-order valence-corrected chi connectivity index (χ0v) is 20.2. The van der Waals surface area contributed by atoms with E-state index in [-0.39, 0.29) is 22.6 Å². The number of amides is 1. The SMILES string of the molecule is COc1cccc([C@H]2C(=C(O)c3ccc(Br)cc3)C(=O)C(=O)N2c2cc(C(C)(C)C)on2)c1. The molecule has 0 unspecified atom stereocenters. The summed E-state index contributed by atoms with van der Waals surface area (Å²) in [6.45, 7) is 5.87. The monoisotopic (exact) mass is 510 g/mol. The first kappa shape index (κ1) is 22.8. The van der Waals surface area contributed by atoms with Gasteiger partial charge in [0.15, 0.2) is 5.82 Å². The summed E-state index contributed by atoms with van der Waals surface area (Å²) in [7, 11) is 1.53. The summed E-state index contributed by atoms with van der Waals surface area (Å²) in [6.07, 6.45) is 0.